The summed E-state index contributed by atoms with van der Waals surface area (Å²) in [6, 6.07) is 0.776. The molecule has 21 heavy (non-hydrogen) atoms. The predicted molar refractivity (Wildman–Crippen MR) is 86.7 cm³/mol. The van der Waals surface area contributed by atoms with E-state index in [1.807, 2.05) is 13.8 Å². The molecule has 2 atom stereocenters. The van der Waals surface area contributed by atoms with Crippen LogP contribution >= 0.6 is 0 Å². The van der Waals surface area contributed by atoms with Crippen molar-refractivity contribution in [3.63, 3.8) is 0 Å². The Hall–Kier alpha value is -0.810. The molecular formula is C16H32N4O. The van der Waals surface area contributed by atoms with Crippen LogP contribution in [0.1, 0.15) is 52.9 Å². The molecule has 2 rings (SSSR count). The van der Waals surface area contributed by atoms with Crippen LogP contribution in [0.5, 0.6) is 0 Å². The van der Waals surface area contributed by atoms with Crippen LogP contribution in [-0.2, 0) is 0 Å². The van der Waals surface area contributed by atoms with Crippen LogP contribution in [0.2, 0.25) is 0 Å². The Morgan fingerprint density at radius 1 is 1.24 bits per heavy atom. The summed E-state index contributed by atoms with van der Waals surface area (Å²) >= 11 is 0. The highest BCUT2D eigenvalue weighted by Gasteiger charge is 2.35. The average molecular weight is 296 g/mol. The topological polar surface area (TPSA) is 65.1 Å². The van der Waals surface area contributed by atoms with Crippen LogP contribution in [-0.4, -0.2) is 58.6 Å². The molecule has 0 aromatic heterocycles. The van der Waals surface area contributed by atoms with Gasteiger partial charge in [0.25, 0.3) is 0 Å². The monoisotopic (exact) mass is 296 g/mol. The lowest BCUT2D eigenvalue weighted by Crippen LogP contribution is -2.61. The Kier molecular flexibility index (Phi) is 5.49. The molecule has 2 unspecified atom stereocenters. The maximum atomic E-state index is 8.94. The van der Waals surface area contributed by atoms with E-state index in [4.69, 9.17) is 10.9 Å². The van der Waals surface area contributed by atoms with Crippen LogP contribution in [0.15, 0.2) is 5.16 Å². The van der Waals surface area contributed by atoms with Crippen molar-refractivity contribution >= 4 is 5.84 Å². The van der Waals surface area contributed by atoms with Gasteiger partial charge in [0.1, 0.15) is 0 Å². The van der Waals surface area contributed by atoms with Crippen molar-refractivity contribution in [1.29, 1.82) is 0 Å². The van der Waals surface area contributed by atoms with E-state index < -0.39 is 0 Å². The molecular weight excluding hydrogens is 264 g/mol. The highest BCUT2D eigenvalue weighted by atomic mass is 16.4. The number of oxime groups is 1. The first kappa shape index (κ1) is 16.6. The lowest BCUT2D eigenvalue weighted by atomic mass is 9.83. The minimum Gasteiger partial charge on any atom is -0.409 e. The molecule has 0 bridgehead atoms. The molecule has 3 N–H and O–H groups in total. The Morgan fingerprint density at radius 3 is 2.48 bits per heavy atom. The van der Waals surface area contributed by atoms with E-state index in [-0.39, 0.29) is 5.54 Å². The van der Waals surface area contributed by atoms with Gasteiger partial charge in [0, 0.05) is 32.2 Å². The highest BCUT2D eigenvalue weighted by Crippen LogP contribution is 2.30. The zero-order valence-electron chi connectivity index (χ0n) is 13.9. The second-order valence-corrected chi connectivity index (χ2v) is 7.16. The fraction of sp³-hybridized carbons (Fsp3) is 0.938. The van der Waals surface area contributed by atoms with Crippen LogP contribution in [0.3, 0.4) is 0 Å². The van der Waals surface area contributed by atoms with E-state index in [0.29, 0.717) is 5.84 Å². The Labute approximate surface area is 129 Å². The Bertz CT molecular complexity index is 361. The molecule has 5 nitrogen and oxygen atoms in total. The van der Waals surface area contributed by atoms with Gasteiger partial charge in [-0.1, -0.05) is 31.3 Å². The van der Waals surface area contributed by atoms with Gasteiger partial charge in [-0.15, -0.1) is 0 Å². The minimum atomic E-state index is -0.362. The summed E-state index contributed by atoms with van der Waals surface area (Å²) in [5, 5.41) is 12.1. The first-order valence-electron chi connectivity index (χ1n) is 8.46. The SMILES string of the molecule is CCC1CCCC(N2CCN(C(C)(C)C(N)=NO)CC2)C1. The first-order chi connectivity index (χ1) is 9.98. The third kappa shape index (κ3) is 3.69. The molecule has 0 aromatic rings. The maximum Gasteiger partial charge on any atom is 0.159 e. The quantitative estimate of drug-likeness (QED) is 0.361. The molecule has 1 saturated heterocycles. The number of nitrogens with zero attached hydrogens (tertiary/aromatic N) is 3. The molecule has 0 radical (unpaired) electrons. The van der Waals surface area contributed by atoms with Crippen molar-refractivity contribution in [1.82, 2.24) is 9.80 Å². The second kappa shape index (κ2) is 6.97. The Morgan fingerprint density at radius 2 is 1.90 bits per heavy atom. The number of hydrogen-bond acceptors (Lipinski definition) is 4. The molecule has 1 heterocycles. The number of piperazine rings is 1. The Balaban J connectivity index is 1.88. The van der Waals surface area contributed by atoms with E-state index in [0.717, 1.165) is 38.1 Å². The molecule has 0 spiro atoms. The molecule has 1 aliphatic heterocycles. The number of nitrogens with two attached hydrogens (primary N) is 1. The van der Waals surface area contributed by atoms with Gasteiger partial charge in [0.05, 0.1) is 5.54 Å². The lowest BCUT2D eigenvalue weighted by Gasteiger charge is -2.46. The van der Waals surface area contributed by atoms with E-state index in [1.54, 1.807) is 0 Å². The van der Waals surface area contributed by atoms with Crippen molar-refractivity contribution in [2.45, 2.75) is 64.5 Å². The van der Waals surface area contributed by atoms with E-state index in [2.05, 4.69) is 21.9 Å². The van der Waals surface area contributed by atoms with Crippen molar-refractivity contribution in [2.24, 2.45) is 16.8 Å². The van der Waals surface area contributed by atoms with Gasteiger partial charge in [-0.05, 0) is 32.6 Å². The van der Waals surface area contributed by atoms with Gasteiger partial charge in [-0.25, -0.2) is 0 Å². The van der Waals surface area contributed by atoms with E-state index in [9.17, 15) is 0 Å². The summed E-state index contributed by atoms with van der Waals surface area (Å²) in [6.45, 7) is 10.6. The highest BCUT2D eigenvalue weighted by molar-refractivity contribution is 5.88. The van der Waals surface area contributed by atoms with Gasteiger partial charge < -0.3 is 10.9 Å². The molecule has 1 aliphatic carbocycles. The zero-order valence-corrected chi connectivity index (χ0v) is 13.9. The predicted octanol–water partition coefficient (Wildman–Crippen LogP) is 2.10. The fourth-order valence-corrected chi connectivity index (χ4v) is 3.90. The number of rotatable bonds is 4. The molecule has 0 amide bonds. The van der Waals surface area contributed by atoms with Crippen LogP contribution < -0.4 is 5.73 Å². The van der Waals surface area contributed by atoms with Gasteiger partial charge in [0.2, 0.25) is 0 Å². The first-order valence-corrected chi connectivity index (χ1v) is 8.46. The maximum absolute atomic E-state index is 8.94. The average Bonchev–Trinajstić information content (AvgIpc) is 2.54. The van der Waals surface area contributed by atoms with Crippen molar-refractivity contribution in [2.75, 3.05) is 26.2 Å². The van der Waals surface area contributed by atoms with Gasteiger partial charge in [-0.3, -0.25) is 9.80 Å². The van der Waals surface area contributed by atoms with E-state index >= 15 is 0 Å². The van der Waals surface area contributed by atoms with Gasteiger partial charge in [0.15, 0.2) is 5.84 Å². The van der Waals surface area contributed by atoms with Crippen LogP contribution in [0.4, 0.5) is 0 Å². The van der Waals surface area contributed by atoms with Gasteiger partial charge in [-0.2, -0.15) is 0 Å². The van der Waals surface area contributed by atoms with Crippen LogP contribution in [0, 0.1) is 5.92 Å². The normalized spacial score (nSPS) is 30.5. The largest absolute Gasteiger partial charge is 0.409 e. The van der Waals surface area contributed by atoms with Crippen molar-refractivity contribution in [3.05, 3.63) is 0 Å². The summed E-state index contributed by atoms with van der Waals surface area (Å²) in [6.07, 6.45) is 6.87. The number of hydrogen-bond donors (Lipinski definition) is 2. The summed E-state index contributed by atoms with van der Waals surface area (Å²) < 4.78 is 0. The second-order valence-electron chi connectivity index (χ2n) is 7.16. The van der Waals surface area contributed by atoms with Gasteiger partial charge >= 0.3 is 0 Å². The fourth-order valence-electron chi connectivity index (χ4n) is 3.90. The molecule has 0 aromatic carbocycles. The zero-order chi connectivity index (χ0) is 15.5. The minimum absolute atomic E-state index is 0.305. The third-order valence-corrected chi connectivity index (χ3v) is 5.69. The van der Waals surface area contributed by atoms with Crippen LogP contribution in [0.25, 0.3) is 0 Å². The smallest absolute Gasteiger partial charge is 0.159 e. The van der Waals surface area contributed by atoms with Crippen molar-refractivity contribution < 1.29 is 5.21 Å². The molecule has 122 valence electrons. The summed E-state index contributed by atoms with van der Waals surface area (Å²) in [4.78, 5) is 5.00. The van der Waals surface area contributed by atoms with E-state index in [1.165, 1.54) is 32.1 Å². The van der Waals surface area contributed by atoms with Crippen molar-refractivity contribution in [3.8, 4) is 0 Å². The summed E-state index contributed by atoms with van der Waals surface area (Å²) in [5.74, 6) is 1.23. The summed E-state index contributed by atoms with van der Waals surface area (Å²) in [5.41, 5.74) is 5.48. The third-order valence-electron chi connectivity index (χ3n) is 5.69. The molecule has 1 saturated carbocycles. The molecule has 2 fully saturated rings. The lowest BCUT2D eigenvalue weighted by molar-refractivity contribution is 0.0397. The standard InChI is InChI=1S/C16H32N4O/c1-4-13-6-5-7-14(12-13)19-8-10-20(11-9-19)16(2,3)15(17)18-21/h13-14,21H,4-12H2,1-3H3,(H2,17,18). The summed E-state index contributed by atoms with van der Waals surface area (Å²) in [7, 11) is 0. The molecule has 2 aliphatic rings. The molecule has 5 heteroatoms. The number of amidine groups is 1.